The third kappa shape index (κ3) is 4.58. The second kappa shape index (κ2) is 9.72. The Hall–Kier alpha value is -2.23. The maximum absolute atomic E-state index is 12.5. The van der Waals surface area contributed by atoms with Crippen molar-refractivity contribution in [2.45, 2.75) is 36.6 Å². The average molecular weight is 448 g/mol. The highest BCUT2D eigenvalue weighted by Gasteiger charge is 2.34. The van der Waals surface area contributed by atoms with Crippen LogP contribution in [0.15, 0.2) is 52.5 Å². The van der Waals surface area contributed by atoms with Crippen LogP contribution in [0.25, 0.3) is 0 Å². The maximum atomic E-state index is 12.5. The first-order valence-electron chi connectivity index (χ1n) is 9.94. The number of pyridine rings is 1. The van der Waals surface area contributed by atoms with Crippen LogP contribution in [0.2, 0.25) is 0 Å². The van der Waals surface area contributed by atoms with Crippen LogP contribution >= 0.6 is 11.8 Å². The lowest BCUT2D eigenvalue weighted by Gasteiger charge is -2.18. The number of nitrogens with zero attached hydrogens (tertiary/aromatic N) is 3. The molecule has 1 aromatic carbocycles. The van der Waals surface area contributed by atoms with Crippen LogP contribution in [0.1, 0.15) is 47.4 Å². The van der Waals surface area contributed by atoms with Crippen molar-refractivity contribution >= 4 is 33.6 Å². The molecule has 0 spiro atoms. The summed E-state index contributed by atoms with van der Waals surface area (Å²) in [7, 11) is -3.50. The Labute approximate surface area is 181 Å². The lowest BCUT2D eigenvalue weighted by molar-refractivity contribution is 0.0652. The molecular weight excluding hydrogens is 422 g/mol. The number of aromatic nitrogens is 1. The molecule has 0 saturated heterocycles. The molecule has 160 valence electrons. The number of benzene rings is 1. The molecule has 0 N–H and O–H groups in total. The highest BCUT2D eigenvalue weighted by molar-refractivity contribution is 7.99. The summed E-state index contributed by atoms with van der Waals surface area (Å²) in [4.78, 5) is 30.4. The summed E-state index contributed by atoms with van der Waals surface area (Å²) >= 11 is 1.52. The summed E-state index contributed by atoms with van der Waals surface area (Å²) in [5.41, 5.74) is 0.946. The van der Waals surface area contributed by atoms with Crippen LogP contribution in [-0.4, -0.2) is 59.8 Å². The van der Waals surface area contributed by atoms with E-state index in [1.165, 1.54) is 27.2 Å². The lowest BCUT2D eigenvalue weighted by Crippen LogP contribution is -2.30. The number of thioether (sulfide) groups is 1. The van der Waals surface area contributed by atoms with Crippen LogP contribution in [-0.2, 0) is 10.0 Å². The third-order valence-electron chi connectivity index (χ3n) is 4.96. The van der Waals surface area contributed by atoms with E-state index in [2.05, 4.69) is 4.98 Å². The normalized spacial score (nSPS) is 13.9. The Balaban J connectivity index is 1.47. The molecule has 2 heterocycles. The van der Waals surface area contributed by atoms with Crippen LogP contribution in [0, 0.1) is 0 Å². The van der Waals surface area contributed by atoms with Crippen molar-refractivity contribution in [1.29, 1.82) is 0 Å². The van der Waals surface area contributed by atoms with Gasteiger partial charge in [-0.25, -0.2) is 13.4 Å². The number of hydrogen-bond acceptors (Lipinski definition) is 6. The number of carbonyl (C=O) groups excluding carboxylic acids is 2. The van der Waals surface area contributed by atoms with Crippen molar-refractivity contribution in [1.82, 2.24) is 14.2 Å². The van der Waals surface area contributed by atoms with Crippen LogP contribution in [0.3, 0.4) is 0 Å². The number of hydrogen-bond donors (Lipinski definition) is 0. The molecule has 0 fully saturated rings. The van der Waals surface area contributed by atoms with Gasteiger partial charge in [-0.1, -0.05) is 26.0 Å². The number of rotatable bonds is 10. The van der Waals surface area contributed by atoms with E-state index in [0.717, 1.165) is 17.2 Å². The van der Waals surface area contributed by atoms with Gasteiger partial charge in [0.1, 0.15) is 4.90 Å². The minimum atomic E-state index is -3.50. The first kappa shape index (κ1) is 22.5. The van der Waals surface area contributed by atoms with E-state index < -0.39 is 10.0 Å². The van der Waals surface area contributed by atoms with Gasteiger partial charge in [0.2, 0.25) is 10.0 Å². The molecule has 1 aliphatic heterocycles. The predicted octanol–water partition coefficient (Wildman–Crippen LogP) is 3.28. The molecule has 30 heavy (non-hydrogen) atoms. The van der Waals surface area contributed by atoms with Crippen LogP contribution in [0.5, 0.6) is 0 Å². The average Bonchev–Trinajstić information content (AvgIpc) is 2.99. The van der Waals surface area contributed by atoms with Crippen molar-refractivity contribution in [3.05, 3.63) is 53.7 Å². The van der Waals surface area contributed by atoms with E-state index in [1.807, 2.05) is 0 Å². The van der Waals surface area contributed by atoms with Crippen molar-refractivity contribution in [2.75, 3.05) is 25.4 Å². The van der Waals surface area contributed by atoms with E-state index in [4.69, 9.17) is 0 Å². The molecule has 3 rings (SSSR count). The fourth-order valence-corrected chi connectivity index (χ4v) is 5.56. The molecule has 2 aromatic rings. The Morgan fingerprint density at radius 3 is 2.13 bits per heavy atom. The zero-order chi connectivity index (χ0) is 21.7. The lowest BCUT2D eigenvalue weighted by atomic mass is 10.1. The Bertz CT molecular complexity index is 984. The van der Waals surface area contributed by atoms with Gasteiger partial charge in [0.25, 0.3) is 11.8 Å². The standard InChI is InChI=1S/C21H25N3O4S2/c1-3-23(4-2)30(27,28)16-11-12-19(22-15-16)29-14-8-7-13-24-20(25)17-9-5-6-10-18(17)21(24)26/h5-6,9-12,15H,3-4,7-8,13-14H2,1-2H3. The van der Waals surface area contributed by atoms with E-state index in [1.54, 1.807) is 50.2 Å². The van der Waals surface area contributed by atoms with Gasteiger partial charge in [0.15, 0.2) is 0 Å². The highest BCUT2D eigenvalue weighted by atomic mass is 32.2. The van der Waals surface area contributed by atoms with E-state index in [0.29, 0.717) is 37.2 Å². The minimum absolute atomic E-state index is 0.196. The number of fused-ring (bicyclic) bond motifs is 1. The molecule has 1 aromatic heterocycles. The van der Waals surface area contributed by atoms with Crippen molar-refractivity contribution in [2.24, 2.45) is 0 Å². The molecule has 0 aliphatic carbocycles. The predicted molar refractivity (Wildman–Crippen MR) is 116 cm³/mol. The van der Waals surface area contributed by atoms with Crippen molar-refractivity contribution in [3.63, 3.8) is 0 Å². The minimum Gasteiger partial charge on any atom is -0.274 e. The molecule has 0 saturated carbocycles. The number of sulfonamides is 1. The van der Waals surface area contributed by atoms with E-state index >= 15 is 0 Å². The largest absolute Gasteiger partial charge is 0.274 e. The van der Waals surface area contributed by atoms with Gasteiger partial charge in [-0.15, -0.1) is 11.8 Å². The van der Waals surface area contributed by atoms with Crippen LogP contribution < -0.4 is 0 Å². The number of imide groups is 1. The van der Waals surface area contributed by atoms with Gasteiger partial charge in [-0.3, -0.25) is 14.5 Å². The summed E-state index contributed by atoms with van der Waals surface area (Å²) in [5, 5.41) is 0.745. The van der Waals surface area contributed by atoms with Crippen LogP contribution in [0.4, 0.5) is 0 Å². The van der Waals surface area contributed by atoms with Gasteiger partial charge < -0.3 is 0 Å². The Morgan fingerprint density at radius 1 is 0.967 bits per heavy atom. The second-order valence-electron chi connectivity index (χ2n) is 6.78. The third-order valence-corrected chi connectivity index (χ3v) is 8.02. The molecule has 0 bridgehead atoms. The highest BCUT2D eigenvalue weighted by Crippen LogP contribution is 2.24. The first-order valence-corrected chi connectivity index (χ1v) is 12.4. The monoisotopic (exact) mass is 447 g/mol. The SMILES string of the molecule is CCN(CC)S(=O)(=O)c1ccc(SCCCCN2C(=O)c3ccccc3C2=O)nc1. The smallest absolute Gasteiger partial charge is 0.261 e. The number of unbranched alkanes of at least 4 members (excludes halogenated alkanes) is 1. The Kier molecular flexibility index (Phi) is 7.27. The fraction of sp³-hybridized carbons (Fsp3) is 0.381. The van der Waals surface area contributed by atoms with Gasteiger partial charge in [-0.2, -0.15) is 4.31 Å². The summed E-state index contributed by atoms with van der Waals surface area (Å²) in [6, 6.07) is 10.2. The van der Waals surface area contributed by atoms with Gasteiger partial charge in [0.05, 0.1) is 16.2 Å². The van der Waals surface area contributed by atoms with Gasteiger partial charge in [-0.05, 0) is 42.9 Å². The number of amides is 2. The topological polar surface area (TPSA) is 87.7 Å². The van der Waals surface area contributed by atoms with Crippen molar-refractivity contribution in [3.8, 4) is 0 Å². The first-order chi connectivity index (χ1) is 14.4. The molecule has 2 amide bonds. The van der Waals surface area contributed by atoms with Gasteiger partial charge >= 0.3 is 0 Å². The molecule has 1 aliphatic rings. The van der Waals surface area contributed by atoms with E-state index in [-0.39, 0.29) is 16.7 Å². The summed E-state index contributed by atoms with van der Waals surface area (Å²) in [5.74, 6) is 0.308. The molecular formula is C21H25N3O4S2. The van der Waals surface area contributed by atoms with E-state index in [9.17, 15) is 18.0 Å². The fourth-order valence-electron chi connectivity index (χ4n) is 3.31. The number of carbonyl (C=O) groups is 2. The Morgan fingerprint density at radius 2 is 1.60 bits per heavy atom. The molecule has 9 heteroatoms. The molecule has 0 atom stereocenters. The summed E-state index contributed by atoms with van der Waals surface area (Å²) in [6.07, 6.45) is 2.90. The maximum Gasteiger partial charge on any atom is 0.261 e. The second-order valence-corrected chi connectivity index (χ2v) is 9.84. The molecule has 7 nitrogen and oxygen atoms in total. The summed E-state index contributed by atoms with van der Waals surface area (Å²) in [6.45, 7) is 4.84. The zero-order valence-electron chi connectivity index (χ0n) is 17.1. The van der Waals surface area contributed by atoms with Gasteiger partial charge in [0, 0.05) is 25.8 Å². The molecule has 0 unspecified atom stereocenters. The van der Waals surface area contributed by atoms with Crippen molar-refractivity contribution < 1.29 is 18.0 Å². The zero-order valence-corrected chi connectivity index (χ0v) is 18.7. The quantitative estimate of drug-likeness (QED) is 0.316. The summed E-state index contributed by atoms with van der Waals surface area (Å²) < 4.78 is 26.4. The molecule has 0 radical (unpaired) electrons.